The first-order valence-corrected chi connectivity index (χ1v) is 5.54. The van der Waals surface area contributed by atoms with Crippen molar-refractivity contribution in [2.75, 3.05) is 25.6 Å². The summed E-state index contributed by atoms with van der Waals surface area (Å²) in [6.07, 6.45) is 0. The number of carbonyl (C=O) groups excluding carboxylic acids is 1. The van der Waals surface area contributed by atoms with Crippen molar-refractivity contribution in [1.82, 2.24) is 5.32 Å². The highest BCUT2D eigenvalue weighted by Gasteiger charge is 2.15. The summed E-state index contributed by atoms with van der Waals surface area (Å²) < 4.78 is 5.13. The van der Waals surface area contributed by atoms with Gasteiger partial charge in [0, 0.05) is 18.3 Å². The van der Waals surface area contributed by atoms with E-state index >= 15 is 0 Å². The zero-order valence-electron chi connectivity index (χ0n) is 9.18. The van der Waals surface area contributed by atoms with Crippen LogP contribution < -0.4 is 5.32 Å². The Morgan fingerprint density at radius 1 is 1.36 bits per heavy atom. The highest BCUT2D eigenvalue weighted by atomic mass is 35.5. The highest BCUT2D eigenvalue weighted by molar-refractivity contribution is 6.17. The normalized spacial score (nSPS) is 12.9. The molecule has 0 bridgehead atoms. The summed E-state index contributed by atoms with van der Waals surface area (Å²) in [5, 5.41) is 2.82. The minimum Gasteiger partial charge on any atom is -0.378 e. The molecule has 0 aliphatic heterocycles. The van der Waals surface area contributed by atoms with Gasteiger partial charge in [-0.3, -0.25) is 4.79 Å². The average Bonchev–Trinajstić information content (AvgIpc) is 2.16. The van der Waals surface area contributed by atoms with Crippen molar-refractivity contribution in [3.05, 3.63) is 0 Å². The number of halogens is 1. The summed E-state index contributed by atoms with van der Waals surface area (Å²) in [4.78, 5) is 11.4. The number of ether oxygens (including phenoxy) is 1. The summed E-state index contributed by atoms with van der Waals surface area (Å²) in [5.41, 5.74) is 0. The lowest BCUT2D eigenvalue weighted by Crippen LogP contribution is -2.34. The molecular weight excluding hydrogens is 202 g/mol. The minimum atomic E-state index is 0.0584. The second-order valence-electron chi connectivity index (χ2n) is 3.63. The van der Waals surface area contributed by atoms with Gasteiger partial charge < -0.3 is 10.1 Å². The first-order chi connectivity index (χ1) is 6.59. The van der Waals surface area contributed by atoms with Crippen molar-refractivity contribution in [2.24, 2.45) is 11.8 Å². The number of alkyl halides is 1. The smallest absolute Gasteiger partial charge is 0.223 e. The molecule has 0 fully saturated rings. The molecule has 4 heteroatoms. The fourth-order valence-corrected chi connectivity index (χ4v) is 0.976. The van der Waals surface area contributed by atoms with E-state index in [0.717, 1.165) is 0 Å². The number of hydrogen-bond acceptors (Lipinski definition) is 2. The van der Waals surface area contributed by atoms with E-state index in [4.69, 9.17) is 16.3 Å². The SMILES string of the molecule is CC(C)C(C)C(=O)NCCOCCCl. The largest absolute Gasteiger partial charge is 0.378 e. The van der Waals surface area contributed by atoms with Crippen LogP contribution >= 0.6 is 11.6 Å². The maximum Gasteiger partial charge on any atom is 0.223 e. The van der Waals surface area contributed by atoms with Crippen molar-refractivity contribution in [1.29, 1.82) is 0 Å². The van der Waals surface area contributed by atoms with Crippen molar-refractivity contribution in [3.8, 4) is 0 Å². The fraction of sp³-hybridized carbons (Fsp3) is 0.900. The van der Waals surface area contributed by atoms with E-state index in [1.807, 2.05) is 20.8 Å². The minimum absolute atomic E-state index is 0.0584. The van der Waals surface area contributed by atoms with Crippen molar-refractivity contribution in [3.63, 3.8) is 0 Å². The number of amides is 1. The molecular formula is C10H20ClNO2. The summed E-state index contributed by atoms with van der Waals surface area (Å²) in [6, 6.07) is 0. The van der Waals surface area contributed by atoms with Gasteiger partial charge in [-0.05, 0) is 5.92 Å². The second kappa shape index (κ2) is 8.06. The Morgan fingerprint density at radius 2 is 2.00 bits per heavy atom. The number of carbonyl (C=O) groups is 1. The maximum absolute atomic E-state index is 11.4. The third kappa shape index (κ3) is 6.22. The van der Waals surface area contributed by atoms with Crippen molar-refractivity contribution >= 4 is 17.5 Å². The summed E-state index contributed by atoms with van der Waals surface area (Å²) in [6.45, 7) is 7.63. The quantitative estimate of drug-likeness (QED) is 0.525. The Bertz CT molecular complexity index is 162. The van der Waals surface area contributed by atoms with Gasteiger partial charge in [-0.1, -0.05) is 20.8 Å². The lowest BCUT2D eigenvalue weighted by atomic mass is 9.97. The third-order valence-electron chi connectivity index (χ3n) is 2.18. The topological polar surface area (TPSA) is 38.3 Å². The first-order valence-electron chi connectivity index (χ1n) is 5.01. The molecule has 1 atom stereocenters. The van der Waals surface area contributed by atoms with E-state index in [1.165, 1.54) is 0 Å². The van der Waals surface area contributed by atoms with Crippen molar-refractivity contribution in [2.45, 2.75) is 20.8 Å². The van der Waals surface area contributed by atoms with Crippen LogP contribution in [0.3, 0.4) is 0 Å². The Hall–Kier alpha value is -0.280. The lowest BCUT2D eigenvalue weighted by molar-refractivity contribution is -0.125. The predicted molar refractivity (Wildman–Crippen MR) is 58.6 cm³/mol. The van der Waals surface area contributed by atoms with Crippen LogP contribution in [0.15, 0.2) is 0 Å². The highest BCUT2D eigenvalue weighted by Crippen LogP contribution is 2.08. The Labute approximate surface area is 91.2 Å². The van der Waals surface area contributed by atoms with E-state index in [-0.39, 0.29) is 11.8 Å². The molecule has 0 spiro atoms. The van der Waals surface area contributed by atoms with Gasteiger partial charge in [-0.15, -0.1) is 11.6 Å². The molecule has 0 saturated carbocycles. The van der Waals surface area contributed by atoms with Gasteiger partial charge in [0.15, 0.2) is 0 Å². The average molecular weight is 222 g/mol. The molecule has 1 unspecified atom stereocenters. The summed E-state index contributed by atoms with van der Waals surface area (Å²) in [5.74, 6) is 1.02. The van der Waals surface area contributed by atoms with Gasteiger partial charge in [-0.2, -0.15) is 0 Å². The zero-order chi connectivity index (χ0) is 11.0. The molecule has 0 aromatic rings. The molecule has 0 radical (unpaired) electrons. The van der Waals surface area contributed by atoms with E-state index in [9.17, 15) is 4.79 Å². The molecule has 0 aromatic carbocycles. The predicted octanol–water partition coefficient (Wildman–Crippen LogP) is 1.65. The number of nitrogens with one attached hydrogen (secondary N) is 1. The van der Waals surface area contributed by atoms with Crippen LogP contribution in [0.2, 0.25) is 0 Å². The van der Waals surface area contributed by atoms with Crippen LogP contribution in [-0.4, -0.2) is 31.5 Å². The van der Waals surface area contributed by atoms with Gasteiger partial charge >= 0.3 is 0 Å². The molecule has 0 heterocycles. The second-order valence-corrected chi connectivity index (χ2v) is 4.00. The Balaban J connectivity index is 3.44. The third-order valence-corrected chi connectivity index (χ3v) is 2.33. The van der Waals surface area contributed by atoms with Crippen LogP contribution in [0.1, 0.15) is 20.8 Å². The van der Waals surface area contributed by atoms with E-state index in [2.05, 4.69) is 5.32 Å². The maximum atomic E-state index is 11.4. The van der Waals surface area contributed by atoms with E-state index in [0.29, 0.717) is 31.6 Å². The van der Waals surface area contributed by atoms with Crippen LogP contribution in [0, 0.1) is 11.8 Å². The molecule has 14 heavy (non-hydrogen) atoms. The molecule has 0 rings (SSSR count). The fourth-order valence-electron chi connectivity index (χ4n) is 0.867. The number of rotatable bonds is 7. The lowest BCUT2D eigenvalue weighted by Gasteiger charge is -2.15. The molecule has 3 nitrogen and oxygen atoms in total. The van der Waals surface area contributed by atoms with Crippen LogP contribution in [0.5, 0.6) is 0 Å². The van der Waals surface area contributed by atoms with Gasteiger partial charge in [0.1, 0.15) is 0 Å². The molecule has 0 aliphatic rings. The molecule has 0 aromatic heterocycles. The zero-order valence-corrected chi connectivity index (χ0v) is 9.93. The van der Waals surface area contributed by atoms with Crippen LogP contribution in [0.25, 0.3) is 0 Å². The molecule has 0 aliphatic carbocycles. The van der Waals surface area contributed by atoms with Crippen LogP contribution in [0.4, 0.5) is 0 Å². The first kappa shape index (κ1) is 13.7. The number of hydrogen-bond donors (Lipinski definition) is 1. The standard InChI is InChI=1S/C10H20ClNO2/c1-8(2)9(3)10(13)12-5-7-14-6-4-11/h8-9H,4-7H2,1-3H3,(H,12,13). The van der Waals surface area contributed by atoms with Crippen molar-refractivity contribution < 1.29 is 9.53 Å². The molecule has 0 saturated heterocycles. The molecule has 84 valence electrons. The van der Waals surface area contributed by atoms with Gasteiger partial charge in [0.25, 0.3) is 0 Å². The van der Waals surface area contributed by atoms with Gasteiger partial charge in [-0.25, -0.2) is 0 Å². The van der Waals surface area contributed by atoms with Crippen LogP contribution in [-0.2, 0) is 9.53 Å². The molecule has 1 amide bonds. The van der Waals surface area contributed by atoms with E-state index in [1.54, 1.807) is 0 Å². The summed E-state index contributed by atoms with van der Waals surface area (Å²) in [7, 11) is 0. The summed E-state index contributed by atoms with van der Waals surface area (Å²) >= 11 is 5.42. The van der Waals surface area contributed by atoms with Gasteiger partial charge in [0.2, 0.25) is 5.91 Å². The molecule has 1 N–H and O–H groups in total. The van der Waals surface area contributed by atoms with E-state index < -0.39 is 0 Å². The monoisotopic (exact) mass is 221 g/mol. The Kier molecular flexibility index (Phi) is 7.90. The Morgan fingerprint density at radius 3 is 2.50 bits per heavy atom. The van der Waals surface area contributed by atoms with Gasteiger partial charge in [0.05, 0.1) is 13.2 Å².